The van der Waals surface area contributed by atoms with Gasteiger partial charge < -0.3 is 10.2 Å². The molecule has 0 aliphatic carbocycles. The first-order valence-electron chi connectivity index (χ1n) is 3.59. The fourth-order valence-corrected chi connectivity index (χ4v) is 2.07. The van der Waals surface area contributed by atoms with Gasteiger partial charge in [0.2, 0.25) is 0 Å². The minimum atomic E-state index is -5.43. The van der Waals surface area contributed by atoms with Crippen molar-refractivity contribution in [1.82, 2.24) is 4.31 Å². The molecule has 0 amide bonds. The van der Waals surface area contributed by atoms with E-state index in [1.807, 2.05) is 0 Å². The molecule has 0 aromatic heterocycles. The van der Waals surface area contributed by atoms with Gasteiger partial charge in [-0.3, -0.25) is 0 Å². The van der Waals surface area contributed by atoms with Crippen LogP contribution in [0.15, 0.2) is 0 Å². The zero-order valence-corrected chi connectivity index (χ0v) is 7.59. The van der Waals surface area contributed by atoms with E-state index in [0.717, 1.165) is 0 Å². The number of aliphatic hydroxyl groups is 2. The van der Waals surface area contributed by atoms with Crippen LogP contribution in [0.1, 0.15) is 0 Å². The van der Waals surface area contributed by atoms with Gasteiger partial charge in [0, 0.05) is 13.1 Å². The lowest BCUT2D eigenvalue weighted by atomic mass is 10.3. The highest BCUT2D eigenvalue weighted by atomic mass is 32.2. The van der Waals surface area contributed by atoms with Crippen LogP contribution in [0.5, 0.6) is 0 Å². The molecule has 1 heterocycles. The second-order valence-electron chi connectivity index (χ2n) is 2.90. The molecule has 1 saturated heterocycles. The summed E-state index contributed by atoms with van der Waals surface area (Å²) in [7, 11) is -5.43. The molecule has 0 saturated carbocycles. The average molecular weight is 235 g/mol. The molecule has 1 aliphatic rings. The Morgan fingerprint density at radius 1 is 1.14 bits per heavy atom. The summed E-state index contributed by atoms with van der Waals surface area (Å²) in [4.78, 5) is 0. The summed E-state index contributed by atoms with van der Waals surface area (Å²) in [5, 5.41) is 17.7. The van der Waals surface area contributed by atoms with E-state index in [9.17, 15) is 21.6 Å². The maximum absolute atomic E-state index is 11.9. The van der Waals surface area contributed by atoms with E-state index in [2.05, 4.69) is 0 Å². The number of hydrogen-bond donors (Lipinski definition) is 2. The minimum absolute atomic E-state index is 0.0162. The Labute approximate surface area is 77.8 Å². The van der Waals surface area contributed by atoms with Crippen molar-refractivity contribution >= 4 is 10.0 Å². The third-order valence-corrected chi connectivity index (χ3v) is 3.42. The third-order valence-electron chi connectivity index (χ3n) is 1.86. The topological polar surface area (TPSA) is 77.8 Å². The van der Waals surface area contributed by atoms with Crippen LogP contribution in [-0.4, -0.2) is 53.7 Å². The van der Waals surface area contributed by atoms with E-state index in [4.69, 9.17) is 10.2 Å². The molecule has 0 aromatic carbocycles. The van der Waals surface area contributed by atoms with Crippen LogP contribution >= 0.6 is 0 Å². The zero-order chi connectivity index (χ0) is 11.1. The molecule has 2 N–H and O–H groups in total. The highest BCUT2D eigenvalue weighted by molar-refractivity contribution is 7.90. The number of sulfonamides is 1. The summed E-state index contributed by atoms with van der Waals surface area (Å²) in [6, 6.07) is 0. The van der Waals surface area contributed by atoms with Gasteiger partial charge in [0.05, 0.1) is 12.2 Å². The molecule has 1 rings (SSSR count). The fourth-order valence-electron chi connectivity index (χ4n) is 1.08. The Hall–Kier alpha value is -0.380. The van der Waals surface area contributed by atoms with Crippen LogP contribution in [0.2, 0.25) is 0 Å². The standard InChI is InChI=1S/C5H8F3NO4S/c6-5(7,8)14(12,13)9-1-3(10)4(11)2-9/h3-4,10-11H,1-2H2. The Kier molecular flexibility index (Phi) is 2.78. The van der Waals surface area contributed by atoms with Gasteiger partial charge in [0.15, 0.2) is 0 Å². The summed E-state index contributed by atoms with van der Waals surface area (Å²) < 4.78 is 57.3. The molecular formula is C5H8F3NO4S. The first-order valence-corrected chi connectivity index (χ1v) is 5.03. The monoisotopic (exact) mass is 235 g/mol. The molecule has 14 heavy (non-hydrogen) atoms. The fraction of sp³-hybridized carbons (Fsp3) is 1.00. The number of nitrogens with zero attached hydrogens (tertiary/aromatic N) is 1. The SMILES string of the molecule is O=S(=O)(N1CC(O)C(O)C1)C(F)(F)F. The number of hydrogen-bond acceptors (Lipinski definition) is 4. The van der Waals surface area contributed by atoms with Crippen molar-refractivity contribution in [3.05, 3.63) is 0 Å². The van der Waals surface area contributed by atoms with E-state index >= 15 is 0 Å². The van der Waals surface area contributed by atoms with Gasteiger partial charge in [0.25, 0.3) is 0 Å². The van der Waals surface area contributed by atoms with Crippen LogP contribution in [0.4, 0.5) is 13.2 Å². The van der Waals surface area contributed by atoms with Crippen LogP contribution in [0.3, 0.4) is 0 Å². The lowest BCUT2D eigenvalue weighted by Crippen LogP contribution is -2.39. The third kappa shape index (κ3) is 1.85. The molecule has 1 fully saturated rings. The number of β-amino-alcohol motifs (C(OH)–C–C–N with tert-alkyl or cyclic N) is 2. The van der Waals surface area contributed by atoms with Crippen molar-refractivity contribution in [3.8, 4) is 0 Å². The first-order chi connectivity index (χ1) is 6.16. The zero-order valence-electron chi connectivity index (χ0n) is 6.77. The lowest BCUT2D eigenvalue weighted by Gasteiger charge is -2.16. The van der Waals surface area contributed by atoms with Gasteiger partial charge >= 0.3 is 15.5 Å². The van der Waals surface area contributed by atoms with E-state index < -0.39 is 40.8 Å². The quantitative estimate of drug-likeness (QED) is 0.603. The Morgan fingerprint density at radius 3 is 1.79 bits per heavy atom. The van der Waals surface area contributed by atoms with Gasteiger partial charge in [-0.25, -0.2) is 8.42 Å². The molecule has 0 aromatic rings. The molecule has 9 heteroatoms. The van der Waals surface area contributed by atoms with Crippen molar-refractivity contribution in [2.24, 2.45) is 0 Å². The summed E-state index contributed by atoms with van der Waals surface area (Å²) in [5.41, 5.74) is -5.39. The van der Waals surface area contributed by atoms with E-state index in [-0.39, 0.29) is 4.31 Å². The highest BCUT2D eigenvalue weighted by Crippen LogP contribution is 2.29. The summed E-state index contributed by atoms with van der Waals surface area (Å²) in [6.07, 6.45) is -2.93. The molecule has 0 radical (unpaired) electrons. The second kappa shape index (κ2) is 3.33. The molecule has 0 spiro atoms. The maximum Gasteiger partial charge on any atom is 0.511 e. The van der Waals surface area contributed by atoms with Crippen molar-refractivity contribution in [2.75, 3.05) is 13.1 Å². The van der Waals surface area contributed by atoms with Crippen molar-refractivity contribution in [2.45, 2.75) is 17.7 Å². The number of aliphatic hydroxyl groups excluding tert-OH is 2. The van der Waals surface area contributed by atoms with Crippen molar-refractivity contribution < 1.29 is 31.8 Å². The summed E-state index contributed by atoms with van der Waals surface area (Å²) >= 11 is 0. The highest BCUT2D eigenvalue weighted by Gasteiger charge is 2.53. The van der Waals surface area contributed by atoms with Crippen molar-refractivity contribution in [1.29, 1.82) is 0 Å². The normalized spacial score (nSPS) is 30.9. The smallest absolute Gasteiger partial charge is 0.389 e. The second-order valence-corrected chi connectivity index (χ2v) is 4.83. The number of rotatable bonds is 1. The van der Waals surface area contributed by atoms with Gasteiger partial charge in [-0.15, -0.1) is 0 Å². The Bertz CT molecular complexity index is 303. The number of halogens is 3. The predicted molar refractivity (Wildman–Crippen MR) is 38.6 cm³/mol. The summed E-state index contributed by atoms with van der Waals surface area (Å²) in [5.74, 6) is 0. The van der Waals surface area contributed by atoms with Crippen LogP contribution in [0, 0.1) is 0 Å². The molecule has 2 atom stereocenters. The lowest BCUT2D eigenvalue weighted by molar-refractivity contribution is -0.0485. The van der Waals surface area contributed by atoms with Crippen LogP contribution < -0.4 is 0 Å². The number of alkyl halides is 3. The Balaban J connectivity index is 2.88. The first kappa shape index (κ1) is 11.7. The van der Waals surface area contributed by atoms with Crippen LogP contribution in [0.25, 0.3) is 0 Å². The maximum atomic E-state index is 11.9. The van der Waals surface area contributed by atoms with Gasteiger partial charge in [-0.1, -0.05) is 0 Å². The summed E-state index contributed by atoms with van der Waals surface area (Å²) in [6.45, 7) is -1.47. The molecule has 2 unspecified atom stereocenters. The van der Waals surface area contributed by atoms with Gasteiger partial charge in [-0.2, -0.15) is 17.5 Å². The van der Waals surface area contributed by atoms with Crippen molar-refractivity contribution in [3.63, 3.8) is 0 Å². The molecular weight excluding hydrogens is 227 g/mol. The average Bonchev–Trinajstić information content (AvgIpc) is 2.30. The molecule has 1 aliphatic heterocycles. The molecule has 5 nitrogen and oxygen atoms in total. The van der Waals surface area contributed by atoms with Gasteiger partial charge in [-0.05, 0) is 0 Å². The van der Waals surface area contributed by atoms with E-state index in [0.29, 0.717) is 0 Å². The molecule has 84 valence electrons. The van der Waals surface area contributed by atoms with Crippen LogP contribution in [-0.2, 0) is 10.0 Å². The minimum Gasteiger partial charge on any atom is -0.389 e. The predicted octanol–water partition coefficient (Wildman–Crippen LogP) is -1.13. The van der Waals surface area contributed by atoms with E-state index in [1.165, 1.54) is 0 Å². The molecule has 0 bridgehead atoms. The van der Waals surface area contributed by atoms with Gasteiger partial charge in [0.1, 0.15) is 0 Å². The Morgan fingerprint density at radius 2 is 1.50 bits per heavy atom. The van der Waals surface area contributed by atoms with E-state index in [1.54, 1.807) is 0 Å². The largest absolute Gasteiger partial charge is 0.511 e.